The molecule has 1 aromatic rings. The van der Waals surface area contributed by atoms with Gasteiger partial charge in [-0.2, -0.15) is 0 Å². The van der Waals surface area contributed by atoms with Crippen molar-refractivity contribution >= 4 is 0 Å². The lowest BCUT2D eigenvalue weighted by Gasteiger charge is -2.24. The number of hydrogen-bond acceptors (Lipinski definition) is 4. The van der Waals surface area contributed by atoms with E-state index in [-0.39, 0.29) is 5.41 Å². The topological polar surface area (TPSA) is 38.2 Å². The highest BCUT2D eigenvalue weighted by molar-refractivity contribution is 5.32. The van der Waals surface area contributed by atoms with Crippen LogP contribution in [0.5, 0.6) is 0 Å². The van der Waals surface area contributed by atoms with Crippen LogP contribution in [0.15, 0.2) is 12.3 Å². The van der Waals surface area contributed by atoms with Gasteiger partial charge in [0.15, 0.2) is 0 Å². The molecule has 0 bridgehead atoms. The van der Waals surface area contributed by atoms with Crippen molar-refractivity contribution in [2.75, 3.05) is 21.2 Å². The second-order valence-corrected chi connectivity index (χ2v) is 6.46. The first kappa shape index (κ1) is 16.6. The predicted octanol–water partition coefficient (Wildman–Crippen LogP) is 2.85. The molecule has 0 atom stereocenters. The van der Waals surface area contributed by atoms with Gasteiger partial charge in [0.05, 0.1) is 25.1 Å². The third kappa shape index (κ3) is 4.30. The molecule has 0 spiro atoms. The molecule has 1 heterocycles. The quantitative estimate of drug-likeness (QED) is 0.776. The van der Waals surface area contributed by atoms with Crippen molar-refractivity contribution in [2.45, 2.75) is 46.1 Å². The van der Waals surface area contributed by atoms with E-state index in [0.717, 1.165) is 35.1 Å². The Morgan fingerprint density at radius 3 is 2.30 bits per heavy atom. The van der Waals surface area contributed by atoms with Crippen LogP contribution >= 0.6 is 0 Å². The number of methoxy groups -OCH3 is 1. The SMILES string of the molecule is C=C(Cc1c(C)nc(CN(C)C)nc1C(C)(C)C)OC. The fourth-order valence-electron chi connectivity index (χ4n) is 2.11. The minimum absolute atomic E-state index is 0.0296. The number of nitrogens with zero attached hydrogens (tertiary/aromatic N) is 3. The Bertz CT molecular complexity index is 487. The van der Waals surface area contributed by atoms with E-state index >= 15 is 0 Å². The molecule has 4 nitrogen and oxygen atoms in total. The summed E-state index contributed by atoms with van der Waals surface area (Å²) in [5.74, 6) is 1.60. The van der Waals surface area contributed by atoms with E-state index < -0.39 is 0 Å². The summed E-state index contributed by atoms with van der Waals surface area (Å²) in [5.41, 5.74) is 3.20. The van der Waals surface area contributed by atoms with E-state index in [9.17, 15) is 0 Å². The molecular formula is C16H27N3O. The van der Waals surface area contributed by atoms with Gasteiger partial charge in [-0.25, -0.2) is 9.97 Å². The van der Waals surface area contributed by atoms with Crippen molar-refractivity contribution in [3.63, 3.8) is 0 Å². The number of rotatable bonds is 5. The first-order valence-electron chi connectivity index (χ1n) is 6.88. The van der Waals surface area contributed by atoms with E-state index in [1.165, 1.54) is 0 Å². The van der Waals surface area contributed by atoms with E-state index in [1.807, 2.05) is 21.0 Å². The van der Waals surface area contributed by atoms with Crippen molar-refractivity contribution in [1.29, 1.82) is 0 Å². The summed E-state index contributed by atoms with van der Waals surface area (Å²) in [5, 5.41) is 0. The van der Waals surface area contributed by atoms with Gasteiger partial charge in [0.25, 0.3) is 0 Å². The van der Waals surface area contributed by atoms with Crippen LogP contribution in [0.2, 0.25) is 0 Å². The molecule has 1 rings (SSSR count). The summed E-state index contributed by atoms with van der Waals surface area (Å²) in [6.45, 7) is 13.2. The molecule has 0 aliphatic carbocycles. The highest BCUT2D eigenvalue weighted by Crippen LogP contribution is 2.27. The largest absolute Gasteiger partial charge is 0.501 e. The number of ether oxygens (including phenoxy) is 1. The summed E-state index contributed by atoms with van der Waals surface area (Å²) in [7, 11) is 5.70. The van der Waals surface area contributed by atoms with Crippen molar-refractivity contribution in [2.24, 2.45) is 0 Å². The van der Waals surface area contributed by atoms with Crippen LogP contribution in [-0.4, -0.2) is 36.1 Å². The van der Waals surface area contributed by atoms with Gasteiger partial charge in [-0.3, -0.25) is 0 Å². The molecular weight excluding hydrogens is 250 g/mol. The highest BCUT2D eigenvalue weighted by atomic mass is 16.5. The second-order valence-electron chi connectivity index (χ2n) is 6.46. The van der Waals surface area contributed by atoms with Crippen molar-refractivity contribution in [3.05, 3.63) is 35.1 Å². The van der Waals surface area contributed by atoms with Gasteiger partial charge >= 0.3 is 0 Å². The van der Waals surface area contributed by atoms with Gasteiger partial charge in [0.1, 0.15) is 5.82 Å². The van der Waals surface area contributed by atoms with Gasteiger partial charge in [-0.15, -0.1) is 0 Å². The second kappa shape index (κ2) is 6.35. The molecule has 20 heavy (non-hydrogen) atoms. The van der Waals surface area contributed by atoms with Gasteiger partial charge < -0.3 is 9.64 Å². The highest BCUT2D eigenvalue weighted by Gasteiger charge is 2.23. The molecule has 0 saturated carbocycles. The number of aryl methyl sites for hydroxylation is 1. The van der Waals surface area contributed by atoms with Crippen LogP contribution < -0.4 is 0 Å². The van der Waals surface area contributed by atoms with E-state index in [2.05, 4.69) is 37.2 Å². The molecule has 0 radical (unpaired) electrons. The van der Waals surface area contributed by atoms with E-state index in [1.54, 1.807) is 7.11 Å². The molecule has 1 aromatic heterocycles. The Morgan fingerprint density at radius 2 is 1.85 bits per heavy atom. The molecule has 112 valence electrons. The van der Waals surface area contributed by atoms with Crippen LogP contribution in [0, 0.1) is 6.92 Å². The summed E-state index contributed by atoms with van der Waals surface area (Å²) in [6, 6.07) is 0. The molecule has 0 aromatic carbocycles. The fourth-order valence-corrected chi connectivity index (χ4v) is 2.11. The fraction of sp³-hybridized carbons (Fsp3) is 0.625. The van der Waals surface area contributed by atoms with Crippen LogP contribution in [0.4, 0.5) is 0 Å². The lowest BCUT2D eigenvalue weighted by atomic mass is 9.86. The van der Waals surface area contributed by atoms with Crippen molar-refractivity contribution in [1.82, 2.24) is 14.9 Å². The molecule has 0 saturated heterocycles. The maximum atomic E-state index is 5.21. The van der Waals surface area contributed by atoms with Crippen LogP contribution in [0.1, 0.15) is 43.5 Å². The zero-order valence-electron chi connectivity index (χ0n) is 13.9. The molecule has 0 amide bonds. The van der Waals surface area contributed by atoms with Crippen molar-refractivity contribution < 1.29 is 4.74 Å². The minimum Gasteiger partial charge on any atom is -0.501 e. The number of hydrogen-bond donors (Lipinski definition) is 0. The maximum Gasteiger partial charge on any atom is 0.142 e. The Labute approximate surface area is 122 Å². The third-order valence-electron chi connectivity index (χ3n) is 3.09. The molecule has 0 N–H and O–H groups in total. The minimum atomic E-state index is -0.0296. The van der Waals surface area contributed by atoms with Crippen LogP contribution in [-0.2, 0) is 23.1 Å². The lowest BCUT2D eigenvalue weighted by molar-refractivity contribution is 0.284. The van der Waals surface area contributed by atoms with Gasteiger partial charge in [-0.1, -0.05) is 27.4 Å². The summed E-state index contributed by atoms with van der Waals surface area (Å²) in [6.07, 6.45) is 0.664. The first-order valence-corrected chi connectivity index (χ1v) is 6.88. The number of allylic oxidation sites excluding steroid dienone is 1. The normalized spacial score (nSPS) is 11.8. The van der Waals surface area contributed by atoms with Crippen molar-refractivity contribution in [3.8, 4) is 0 Å². The average molecular weight is 277 g/mol. The molecule has 4 heteroatoms. The Hall–Kier alpha value is -1.42. The Kier molecular flexibility index (Phi) is 5.28. The average Bonchev–Trinajstić information content (AvgIpc) is 2.29. The van der Waals surface area contributed by atoms with E-state index in [0.29, 0.717) is 6.42 Å². The summed E-state index contributed by atoms with van der Waals surface area (Å²) < 4.78 is 5.21. The monoisotopic (exact) mass is 277 g/mol. The molecule has 0 aliphatic rings. The molecule has 0 fully saturated rings. The molecule has 0 unspecified atom stereocenters. The standard InChI is InChI=1S/C16H27N3O/c1-11(20-8)9-13-12(2)17-14(10-19(6)7)18-15(13)16(3,4)5/h1,9-10H2,2-8H3. The first-order chi connectivity index (χ1) is 9.15. The van der Waals surface area contributed by atoms with Gasteiger partial charge in [0, 0.05) is 23.1 Å². The molecule has 0 aliphatic heterocycles. The maximum absolute atomic E-state index is 5.21. The zero-order valence-corrected chi connectivity index (χ0v) is 13.9. The third-order valence-corrected chi connectivity index (χ3v) is 3.09. The summed E-state index contributed by atoms with van der Waals surface area (Å²) in [4.78, 5) is 11.5. The van der Waals surface area contributed by atoms with Gasteiger partial charge in [-0.05, 0) is 21.0 Å². The van der Waals surface area contributed by atoms with Gasteiger partial charge in [0.2, 0.25) is 0 Å². The smallest absolute Gasteiger partial charge is 0.142 e. The number of aromatic nitrogens is 2. The van der Waals surface area contributed by atoms with E-state index in [4.69, 9.17) is 9.72 Å². The van der Waals surface area contributed by atoms with Crippen LogP contribution in [0.3, 0.4) is 0 Å². The summed E-state index contributed by atoms with van der Waals surface area (Å²) >= 11 is 0. The predicted molar refractivity (Wildman–Crippen MR) is 82.7 cm³/mol. The van der Waals surface area contributed by atoms with Crippen LogP contribution in [0.25, 0.3) is 0 Å². The Balaban J connectivity index is 3.31. The lowest BCUT2D eigenvalue weighted by Crippen LogP contribution is -2.23. The zero-order chi connectivity index (χ0) is 15.5. The Morgan fingerprint density at radius 1 is 1.25 bits per heavy atom.